The van der Waals surface area contributed by atoms with Crippen molar-refractivity contribution >= 4 is 10.8 Å². The highest BCUT2D eigenvalue weighted by molar-refractivity contribution is 5.96. The highest BCUT2D eigenvalue weighted by Crippen LogP contribution is 2.32. The lowest BCUT2D eigenvalue weighted by atomic mass is 9.92. The first-order chi connectivity index (χ1) is 10.9. The molecule has 0 saturated heterocycles. The summed E-state index contributed by atoms with van der Waals surface area (Å²) in [4.78, 5) is 0. The first-order valence-corrected chi connectivity index (χ1v) is 7.91. The van der Waals surface area contributed by atoms with Crippen molar-refractivity contribution in [1.29, 1.82) is 0 Å². The Bertz CT molecular complexity index is 894. The predicted octanol–water partition coefficient (Wildman–Crippen LogP) is 5.07. The van der Waals surface area contributed by atoms with Crippen molar-refractivity contribution in [2.24, 2.45) is 7.05 Å². The van der Waals surface area contributed by atoms with Gasteiger partial charge in [0.25, 0.3) is 0 Å². The van der Waals surface area contributed by atoms with Gasteiger partial charge in [-0.3, -0.25) is 0 Å². The summed E-state index contributed by atoms with van der Waals surface area (Å²) in [5, 5.41) is 2.26. The molecule has 3 aromatic rings. The van der Waals surface area contributed by atoms with Crippen LogP contribution in [-0.4, -0.2) is 0 Å². The molecule has 1 heteroatoms. The van der Waals surface area contributed by atoms with Gasteiger partial charge >= 0.3 is 0 Å². The fourth-order valence-corrected chi connectivity index (χ4v) is 3.17. The molecule has 1 heterocycles. The largest absolute Gasteiger partial charge is 0.220 e. The SMILES string of the molecule is [2H]c1c(C)[n+](C)c(-c2ccccc2C)c2cccc(C(C)C)c12. The van der Waals surface area contributed by atoms with E-state index in [1.807, 2.05) is 6.92 Å². The highest BCUT2D eigenvalue weighted by atomic mass is 14.9. The molecule has 1 aromatic heterocycles. The summed E-state index contributed by atoms with van der Waals surface area (Å²) >= 11 is 0. The smallest absolute Gasteiger partial charge is 0.198 e. The fourth-order valence-electron chi connectivity index (χ4n) is 3.17. The molecule has 0 radical (unpaired) electrons. The number of rotatable bonds is 2. The maximum Gasteiger partial charge on any atom is 0.220 e. The third-order valence-corrected chi connectivity index (χ3v) is 4.52. The molecule has 0 aliphatic carbocycles. The van der Waals surface area contributed by atoms with Crippen LogP contribution in [0.2, 0.25) is 0 Å². The number of hydrogen-bond acceptors (Lipinski definition) is 0. The molecule has 0 atom stereocenters. The first kappa shape index (κ1) is 13.5. The zero-order chi connectivity index (χ0) is 16.7. The second-order valence-corrected chi connectivity index (χ2v) is 6.36. The Morgan fingerprint density at radius 1 is 0.955 bits per heavy atom. The molecule has 0 N–H and O–H groups in total. The summed E-state index contributed by atoms with van der Waals surface area (Å²) in [6.07, 6.45) is 0. The van der Waals surface area contributed by atoms with Crippen LogP contribution >= 0.6 is 0 Å². The second-order valence-electron chi connectivity index (χ2n) is 6.36. The Kier molecular flexibility index (Phi) is 3.42. The Hall–Kier alpha value is -2.15. The van der Waals surface area contributed by atoms with Gasteiger partial charge in [0.15, 0.2) is 5.69 Å². The van der Waals surface area contributed by atoms with Crippen LogP contribution < -0.4 is 4.57 Å². The van der Waals surface area contributed by atoms with Gasteiger partial charge in [-0.1, -0.05) is 44.2 Å². The van der Waals surface area contributed by atoms with Crippen LogP contribution in [0, 0.1) is 13.8 Å². The fraction of sp³-hybridized carbons (Fsp3) is 0.286. The maximum absolute atomic E-state index is 8.66. The Balaban J connectivity index is 2.53. The molecule has 112 valence electrons. The zero-order valence-electron chi connectivity index (χ0n) is 15.1. The van der Waals surface area contributed by atoms with Crippen LogP contribution in [0.25, 0.3) is 22.0 Å². The van der Waals surface area contributed by atoms with E-state index in [9.17, 15) is 0 Å². The molecule has 0 saturated carbocycles. The van der Waals surface area contributed by atoms with Gasteiger partial charge < -0.3 is 0 Å². The van der Waals surface area contributed by atoms with Crippen molar-refractivity contribution in [3.05, 3.63) is 65.3 Å². The van der Waals surface area contributed by atoms with Gasteiger partial charge in [-0.15, -0.1) is 0 Å². The van der Waals surface area contributed by atoms with E-state index in [4.69, 9.17) is 1.37 Å². The molecule has 0 fully saturated rings. The number of nitrogens with zero attached hydrogens (tertiary/aromatic N) is 1. The molecule has 0 aliphatic rings. The van der Waals surface area contributed by atoms with Gasteiger partial charge in [0.2, 0.25) is 5.69 Å². The Labute approximate surface area is 134 Å². The summed E-state index contributed by atoms with van der Waals surface area (Å²) in [7, 11) is 2.07. The minimum Gasteiger partial charge on any atom is -0.198 e. The summed E-state index contributed by atoms with van der Waals surface area (Å²) in [5.41, 5.74) is 5.96. The number of pyridine rings is 1. The molecule has 0 unspecified atom stereocenters. The van der Waals surface area contributed by atoms with E-state index in [-0.39, 0.29) is 0 Å². The zero-order valence-corrected chi connectivity index (χ0v) is 14.1. The topological polar surface area (TPSA) is 3.88 Å². The molecular weight excluding hydrogens is 266 g/mol. The van der Waals surface area contributed by atoms with Gasteiger partial charge in [0, 0.05) is 18.5 Å². The lowest BCUT2D eigenvalue weighted by Gasteiger charge is -2.14. The molecule has 0 bridgehead atoms. The van der Waals surface area contributed by atoms with E-state index in [1.54, 1.807) is 0 Å². The van der Waals surface area contributed by atoms with Crippen LogP contribution in [0.15, 0.2) is 48.5 Å². The molecule has 2 aromatic carbocycles. The van der Waals surface area contributed by atoms with E-state index in [0.29, 0.717) is 12.0 Å². The van der Waals surface area contributed by atoms with Crippen LogP contribution in [0.1, 0.15) is 38.0 Å². The molecule has 22 heavy (non-hydrogen) atoms. The average Bonchev–Trinajstić information content (AvgIpc) is 2.54. The van der Waals surface area contributed by atoms with Gasteiger partial charge in [-0.05, 0) is 41.5 Å². The standard InChI is InChI=1S/C21H24N/c1-14(2)17-11-8-12-19-20(17)13-16(4)22(5)21(19)18-10-7-6-9-15(18)3/h6-14H,1-5H3/q+1/i13D. The van der Waals surface area contributed by atoms with Crippen LogP contribution in [-0.2, 0) is 7.05 Å². The van der Waals surface area contributed by atoms with Gasteiger partial charge in [0.05, 0.1) is 6.76 Å². The highest BCUT2D eigenvalue weighted by Gasteiger charge is 2.20. The van der Waals surface area contributed by atoms with Crippen LogP contribution in [0.3, 0.4) is 0 Å². The van der Waals surface area contributed by atoms with Crippen molar-refractivity contribution < 1.29 is 5.94 Å². The molecule has 0 amide bonds. The molecular formula is C21H24N+. The minimum atomic E-state index is 0.402. The molecule has 0 spiro atoms. The lowest BCUT2D eigenvalue weighted by molar-refractivity contribution is -0.665. The maximum atomic E-state index is 8.66. The number of aryl methyl sites for hydroxylation is 1. The molecule has 1 nitrogen and oxygen atoms in total. The Morgan fingerprint density at radius 3 is 2.36 bits per heavy atom. The average molecular weight is 291 g/mol. The lowest BCUT2D eigenvalue weighted by Crippen LogP contribution is -2.35. The minimum absolute atomic E-state index is 0.402. The van der Waals surface area contributed by atoms with Gasteiger partial charge in [-0.25, -0.2) is 0 Å². The van der Waals surface area contributed by atoms with Crippen molar-refractivity contribution in [2.75, 3.05) is 0 Å². The number of fused-ring (bicyclic) bond motifs is 1. The van der Waals surface area contributed by atoms with Crippen LogP contribution in [0.4, 0.5) is 0 Å². The second kappa shape index (κ2) is 5.57. The quantitative estimate of drug-likeness (QED) is 0.580. The van der Waals surface area contributed by atoms with E-state index >= 15 is 0 Å². The molecule has 0 aliphatic heterocycles. The number of benzene rings is 2. The van der Waals surface area contributed by atoms with E-state index < -0.39 is 0 Å². The number of aromatic nitrogens is 1. The Morgan fingerprint density at radius 2 is 1.68 bits per heavy atom. The van der Waals surface area contributed by atoms with Crippen molar-refractivity contribution in [1.82, 2.24) is 0 Å². The van der Waals surface area contributed by atoms with Gasteiger partial charge in [-0.2, -0.15) is 4.57 Å². The summed E-state index contributed by atoms with van der Waals surface area (Å²) < 4.78 is 10.8. The van der Waals surface area contributed by atoms with E-state index in [1.165, 1.54) is 27.8 Å². The number of hydrogen-bond donors (Lipinski definition) is 0. The van der Waals surface area contributed by atoms with Crippen molar-refractivity contribution in [3.8, 4) is 11.3 Å². The summed E-state index contributed by atoms with van der Waals surface area (Å²) in [5.74, 6) is 0.402. The first-order valence-electron chi connectivity index (χ1n) is 8.41. The third kappa shape index (κ3) is 2.31. The third-order valence-electron chi connectivity index (χ3n) is 4.52. The van der Waals surface area contributed by atoms with E-state index in [0.717, 1.165) is 11.1 Å². The predicted molar refractivity (Wildman–Crippen MR) is 94.1 cm³/mol. The van der Waals surface area contributed by atoms with Crippen LogP contribution in [0.5, 0.6) is 0 Å². The molecule has 3 rings (SSSR count). The van der Waals surface area contributed by atoms with Gasteiger partial charge in [0.1, 0.15) is 7.05 Å². The van der Waals surface area contributed by atoms with E-state index in [2.05, 4.69) is 74.9 Å². The summed E-state index contributed by atoms with van der Waals surface area (Å²) in [6.45, 7) is 8.59. The monoisotopic (exact) mass is 291 g/mol. The van der Waals surface area contributed by atoms with Crippen molar-refractivity contribution in [3.63, 3.8) is 0 Å². The summed E-state index contributed by atoms with van der Waals surface area (Å²) in [6, 6.07) is 15.6. The normalized spacial score (nSPS) is 12.0. The van der Waals surface area contributed by atoms with Crippen molar-refractivity contribution in [2.45, 2.75) is 33.6 Å².